The van der Waals surface area contributed by atoms with Gasteiger partial charge in [-0.15, -0.1) is 0 Å². The van der Waals surface area contributed by atoms with Crippen molar-refractivity contribution in [1.82, 2.24) is 0 Å². The van der Waals surface area contributed by atoms with Crippen molar-refractivity contribution in [1.29, 1.82) is 0 Å². The number of hydrogen-bond donors (Lipinski definition) is 0. The number of carbonyl (C=O) groups excluding carboxylic acids is 1. The largest absolute Gasteiger partial charge is 0.493 e. The molecular formula is C17H22O2. The number of Topliss-reactive ketones (excluding diaryl/α,β-unsaturated/α-hetero) is 1. The van der Waals surface area contributed by atoms with Crippen LogP contribution in [0.3, 0.4) is 0 Å². The molecule has 19 heavy (non-hydrogen) atoms. The van der Waals surface area contributed by atoms with Crippen LogP contribution in [0.25, 0.3) is 0 Å². The van der Waals surface area contributed by atoms with E-state index in [1.807, 2.05) is 24.3 Å². The van der Waals surface area contributed by atoms with Gasteiger partial charge in [0.15, 0.2) is 5.78 Å². The standard InChI is InChI=1S/C17H22O2/c1-2-11-19-15-10-6-5-9-14(15)17(18)16-12-7-3-4-8-13(12)16/h5-6,9-10,12-13,16H,2-4,7-8,11H2,1H3. The maximum atomic E-state index is 12.7. The molecule has 0 aromatic heterocycles. The van der Waals surface area contributed by atoms with Crippen molar-refractivity contribution >= 4 is 5.78 Å². The van der Waals surface area contributed by atoms with Crippen molar-refractivity contribution < 1.29 is 9.53 Å². The monoisotopic (exact) mass is 258 g/mol. The van der Waals surface area contributed by atoms with E-state index in [0.29, 0.717) is 24.2 Å². The zero-order valence-corrected chi connectivity index (χ0v) is 11.6. The third-order valence-corrected chi connectivity index (χ3v) is 4.57. The van der Waals surface area contributed by atoms with E-state index < -0.39 is 0 Å². The Balaban J connectivity index is 1.76. The second-order valence-electron chi connectivity index (χ2n) is 5.85. The zero-order valence-electron chi connectivity index (χ0n) is 11.6. The minimum Gasteiger partial charge on any atom is -0.493 e. The lowest BCUT2D eigenvalue weighted by atomic mass is 10.0. The minimum atomic E-state index is 0.286. The van der Waals surface area contributed by atoms with Gasteiger partial charge in [-0.1, -0.05) is 31.9 Å². The molecule has 0 amide bonds. The van der Waals surface area contributed by atoms with Gasteiger partial charge in [0.2, 0.25) is 0 Å². The first-order chi connectivity index (χ1) is 9.33. The van der Waals surface area contributed by atoms with Crippen molar-refractivity contribution in [3.63, 3.8) is 0 Å². The molecule has 1 aromatic carbocycles. The molecule has 2 aliphatic carbocycles. The molecule has 2 saturated carbocycles. The van der Waals surface area contributed by atoms with Crippen LogP contribution < -0.4 is 4.74 Å². The quantitative estimate of drug-likeness (QED) is 0.743. The number of fused-ring (bicyclic) bond motifs is 1. The summed E-state index contributed by atoms with van der Waals surface area (Å²) in [6.45, 7) is 2.77. The average molecular weight is 258 g/mol. The van der Waals surface area contributed by atoms with Gasteiger partial charge in [0, 0.05) is 5.92 Å². The van der Waals surface area contributed by atoms with Gasteiger partial charge in [-0.25, -0.2) is 0 Å². The molecular weight excluding hydrogens is 236 g/mol. The Labute approximate surface area is 115 Å². The summed E-state index contributed by atoms with van der Waals surface area (Å²) < 4.78 is 5.72. The normalized spacial score (nSPS) is 28.6. The second-order valence-corrected chi connectivity index (χ2v) is 5.85. The molecule has 0 aliphatic heterocycles. The molecule has 102 valence electrons. The number of ketones is 1. The zero-order chi connectivity index (χ0) is 13.2. The Morgan fingerprint density at radius 2 is 1.89 bits per heavy atom. The lowest BCUT2D eigenvalue weighted by Crippen LogP contribution is -2.08. The van der Waals surface area contributed by atoms with Crippen molar-refractivity contribution in [3.8, 4) is 5.75 Å². The number of carbonyl (C=O) groups is 1. The molecule has 0 bridgehead atoms. The fraction of sp³-hybridized carbons (Fsp3) is 0.588. The third kappa shape index (κ3) is 2.41. The number of rotatable bonds is 5. The predicted molar refractivity (Wildman–Crippen MR) is 75.5 cm³/mol. The molecule has 0 radical (unpaired) electrons. The highest BCUT2D eigenvalue weighted by molar-refractivity contribution is 6.02. The van der Waals surface area contributed by atoms with E-state index in [1.54, 1.807) is 0 Å². The van der Waals surface area contributed by atoms with Gasteiger partial charge in [-0.2, -0.15) is 0 Å². The van der Waals surface area contributed by atoms with E-state index in [-0.39, 0.29) is 5.92 Å². The van der Waals surface area contributed by atoms with Gasteiger partial charge in [-0.05, 0) is 43.2 Å². The number of ether oxygens (including phenoxy) is 1. The lowest BCUT2D eigenvalue weighted by molar-refractivity contribution is 0.0952. The lowest BCUT2D eigenvalue weighted by Gasteiger charge is -2.09. The SMILES string of the molecule is CCCOc1ccccc1C(=O)C1C2CCCCC21. The van der Waals surface area contributed by atoms with E-state index in [0.717, 1.165) is 17.7 Å². The van der Waals surface area contributed by atoms with Gasteiger partial charge in [0.1, 0.15) is 5.75 Å². The summed E-state index contributed by atoms with van der Waals surface area (Å²) in [4.78, 5) is 12.7. The van der Waals surface area contributed by atoms with Gasteiger partial charge in [-0.3, -0.25) is 4.79 Å². The van der Waals surface area contributed by atoms with Crippen LogP contribution in [0.2, 0.25) is 0 Å². The fourth-order valence-electron chi connectivity index (χ4n) is 3.57. The van der Waals surface area contributed by atoms with Crippen molar-refractivity contribution in [2.24, 2.45) is 17.8 Å². The second kappa shape index (κ2) is 5.36. The van der Waals surface area contributed by atoms with Gasteiger partial charge in [0.25, 0.3) is 0 Å². The summed E-state index contributed by atoms with van der Waals surface area (Å²) >= 11 is 0. The number of benzene rings is 1. The smallest absolute Gasteiger partial charge is 0.170 e. The van der Waals surface area contributed by atoms with Crippen LogP contribution in [-0.4, -0.2) is 12.4 Å². The highest BCUT2D eigenvalue weighted by atomic mass is 16.5. The molecule has 2 aliphatic rings. The third-order valence-electron chi connectivity index (χ3n) is 4.57. The Morgan fingerprint density at radius 1 is 1.21 bits per heavy atom. The average Bonchev–Trinajstić information content (AvgIpc) is 3.19. The van der Waals surface area contributed by atoms with E-state index >= 15 is 0 Å². The highest BCUT2D eigenvalue weighted by Crippen LogP contribution is 2.56. The molecule has 2 fully saturated rings. The first-order valence-electron chi connectivity index (χ1n) is 7.59. The maximum Gasteiger partial charge on any atom is 0.170 e. The minimum absolute atomic E-state index is 0.286. The molecule has 0 N–H and O–H groups in total. The van der Waals surface area contributed by atoms with Gasteiger partial charge < -0.3 is 4.74 Å². The number of para-hydroxylation sites is 1. The van der Waals surface area contributed by atoms with Crippen molar-refractivity contribution in [2.75, 3.05) is 6.61 Å². The predicted octanol–water partition coefficient (Wildman–Crippen LogP) is 4.09. The number of hydrogen-bond acceptors (Lipinski definition) is 2. The fourth-order valence-corrected chi connectivity index (χ4v) is 3.57. The molecule has 0 heterocycles. The van der Waals surface area contributed by atoms with Crippen LogP contribution in [-0.2, 0) is 0 Å². The highest BCUT2D eigenvalue weighted by Gasteiger charge is 2.54. The van der Waals surface area contributed by atoms with Gasteiger partial charge in [0.05, 0.1) is 12.2 Å². The molecule has 0 spiro atoms. The van der Waals surface area contributed by atoms with Crippen LogP contribution in [0.4, 0.5) is 0 Å². The van der Waals surface area contributed by atoms with Crippen LogP contribution in [0, 0.1) is 17.8 Å². The summed E-state index contributed by atoms with van der Waals surface area (Å²) in [6, 6.07) is 7.74. The Hall–Kier alpha value is -1.31. The molecule has 2 atom stereocenters. The van der Waals surface area contributed by atoms with Crippen LogP contribution in [0.15, 0.2) is 24.3 Å². The Morgan fingerprint density at radius 3 is 2.58 bits per heavy atom. The van der Waals surface area contributed by atoms with Crippen molar-refractivity contribution in [3.05, 3.63) is 29.8 Å². The van der Waals surface area contributed by atoms with E-state index in [9.17, 15) is 4.79 Å². The Bertz CT molecular complexity index is 454. The van der Waals surface area contributed by atoms with Crippen LogP contribution in [0.5, 0.6) is 5.75 Å². The van der Waals surface area contributed by atoms with E-state index in [1.165, 1.54) is 25.7 Å². The molecule has 3 rings (SSSR count). The summed E-state index contributed by atoms with van der Waals surface area (Å²) in [7, 11) is 0. The van der Waals surface area contributed by atoms with Crippen LogP contribution >= 0.6 is 0 Å². The summed E-state index contributed by atoms with van der Waals surface area (Å²) in [5.74, 6) is 2.72. The van der Waals surface area contributed by atoms with Crippen LogP contribution in [0.1, 0.15) is 49.4 Å². The summed E-state index contributed by atoms with van der Waals surface area (Å²) in [5, 5.41) is 0. The molecule has 2 nitrogen and oxygen atoms in total. The summed E-state index contributed by atoms with van der Waals surface area (Å²) in [6.07, 6.45) is 6.08. The molecule has 1 aromatic rings. The van der Waals surface area contributed by atoms with E-state index in [2.05, 4.69) is 6.92 Å². The van der Waals surface area contributed by atoms with E-state index in [4.69, 9.17) is 4.74 Å². The Kier molecular flexibility index (Phi) is 3.58. The molecule has 0 saturated heterocycles. The molecule has 2 heteroatoms. The molecule has 2 unspecified atom stereocenters. The van der Waals surface area contributed by atoms with Crippen molar-refractivity contribution in [2.45, 2.75) is 39.0 Å². The topological polar surface area (TPSA) is 26.3 Å². The first-order valence-corrected chi connectivity index (χ1v) is 7.59. The van der Waals surface area contributed by atoms with Gasteiger partial charge >= 0.3 is 0 Å². The first kappa shape index (κ1) is 12.7. The summed E-state index contributed by atoms with van der Waals surface area (Å²) in [5.41, 5.74) is 0.801. The maximum absolute atomic E-state index is 12.7.